The average Bonchev–Trinajstić information content (AvgIpc) is 2.71. The largest absolute Gasteiger partial charge is 0.399 e. The summed E-state index contributed by atoms with van der Waals surface area (Å²) in [6, 6.07) is 5.92. The first-order valence-electron chi connectivity index (χ1n) is 9.62. The number of carbonyl (C=O) groups excluding carboxylic acids is 2. The van der Waals surface area contributed by atoms with Crippen LogP contribution in [-0.4, -0.2) is 30.6 Å². The van der Waals surface area contributed by atoms with Gasteiger partial charge < -0.3 is 10.6 Å². The highest BCUT2D eigenvalue weighted by atomic mass is 79.9. The zero-order chi connectivity index (χ0) is 24.9. The lowest BCUT2D eigenvalue weighted by molar-refractivity contribution is -0.139. The molecular weight excluding hydrogens is 568 g/mol. The maximum Gasteiger partial charge on any atom is 0.399 e. The van der Waals surface area contributed by atoms with Crippen LogP contribution in [0.3, 0.4) is 0 Å². The fourth-order valence-electron chi connectivity index (χ4n) is 2.86. The number of likely N-dealkylation sites (N-methyl/N-ethyl adjacent to an activating group) is 1. The van der Waals surface area contributed by atoms with E-state index in [0.717, 1.165) is 18.2 Å². The van der Waals surface area contributed by atoms with Crippen molar-refractivity contribution in [2.24, 2.45) is 0 Å². The quantitative estimate of drug-likeness (QED) is 0.343. The second-order valence-corrected chi connectivity index (χ2v) is 9.05. The van der Waals surface area contributed by atoms with Crippen LogP contribution in [0.2, 0.25) is 15.1 Å². The molecule has 0 radical (unpaired) electrons. The minimum absolute atomic E-state index is 0.0220. The predicted molar refractivity (Wildman–Crippen MR) is 129 cm³/mol. The first kappa shape index (κ1) is 27.5. The Balaban J connectivity index is 2.27. The third kappa shape index (κ3) is 7.37. The first-order valence-corrected chi connectivity index (χ1v) is 11.5. The molecule has 4 nitrogen and oxygen atoms in total. The zero-order valence-electron chi connectivity index (χ0n) is 17.4. The highest BCUT2D eigenvalue weighted by molar-refractivity contribution is 9.10. The summed E-state index contributed by atoms with van der Waals surface area (Å²) in [6.45, 7) is 3.73. The SMILES string of the molecule is CCNC(=O)C(C)NC(=O)c1ccc(C=CC(c2cc(Cl)c(Cl)c(Cl)c2)C(F)(F)F)cc1Br. The number of carbonyl (C=O) groups is 2. The number of alkyl halides is 3. The van der Waals surface area contributed by atoms with E-state index in [-0.39, 0.29) is 32.1 Å². The fraction of sp³-hybridized carbons (Fsp3) is 0.273. The number of nitrogens with one attached hydrogen (secondary N) is 2. The second kappa shape index (κ2) is 11.6. The lowest BCUT2D eigenvalue weighted by atomic mass is 9.97. The summed E-state index contributed by atoms with van der Waals surface area (Å²) in [5.74, 6) is -2.82. The van der Waals surface area contributed by atoms with Gasteiger partial charge in [-0.25, -0.2) is 0 Å². The average molecular weight is 587 g/mol. The van der Waals surface area contributed by atoms with Gasteiger partial charge in [0.05, 0.1) is 26.5 Å². The molecule has 2 aromatic carbocycles. The monoisotopic (exact) mass is 584 g/mol. The van der Waals surface area contributed by atoms with Gasteiger partial charge in [0.1, 0.15) is 6.04 Å². The summed E-state index contributed by atoms with van der Waals surface area (Å²) in [7, 11) is 0. The van der Waals surface area contributed by atoms with Crippen LogP contribution in [-0.2, 0) is 4.79 Å². The Kier molecular flexibility index (Phi) is 9.67. The van der Waals surface area contributed by atoms with Crippen molar-refractivity contribution >= 4 is 68.6 Å². The maximum atomic E-state index is 13.7. The normalized spacial score (nSPS) is 13.6. The van der Waals surface area contributed by atoms with Crippen molar-refractivity contribution in [3.05, 3.63) is 72.6 Å². The molecule has 0 aliphatic heterocycles. The molecular formula is C22H19BrCl3F3N2O2. The summed E-state index contributed by atoms with van der Waals surface area (Å²) in [6.07, 6.45) is -2.36. The molecule has 0 saturated heterocycles. The molecule has 178 valence electrons. The van der Waals surface area contributed by atoms with Crippen LogP contribution in [0.5, 0.6) is 0 Å². The number of hydrogen-bond donors (Lipinski definition) is 2. The number of hydrogen-bond acceptors (Lipinski definition) is 2. The summed E-state index contributed by atoms with van der Waals surface area (Å²) < 4.78 is 41.4. The van der Waals surface area contributed by atoms with E-state index in [1.54, 1.807) is 13.8 Å². The van der Waals surface area contributed by atoms with Crippen LogP contribution in [0, 0.1) is 0 Å². The topological polar surface area (TPSA) is 58.2 Å². The molecule has 0 aliphatic rings. The minimum atomic E-state index is -4.61. The molecule has 0 aliphatic carbocycles. The maximum absolute atomic E-state index is 13.7. The molecule has 2 amide bonds. The van der Waals surface area contributed by atoms with Crippen molar-refractivity contribution in [2.75, 3.05) is 6.54 Å². The molecule has 0 aromatic heterocycles. The van der Waals surface area contributed by atoms with E-state index in [1.165, 1.54) is 24.3 Å². The van der Waals surface area contributed by atoms with Gasteiger partial charge in [0, 0.05) is 11.0 Å². The number of halogens is 7. The first-order chi connectivity index (χ1) is 15.3. The van der Waals surface area contributed by atoms with E-state index in [2.05, 4.69) is 26.6 Å². The van der Waals surface area contributed by atoms with E-state index in [4.69, 9.17) is 34.8 Å². The van der Waals surface area contributed by atoms with Crippen molar-refractivity contribution in [1.82, 2.24) is 10.6 Å². The van der Waals surface area contributed by atoms with Gasteiger partial charge in [0.2, 0.25) is 5.91 Å². The Labute approximate surface area is 212 Å². The summed E-state index contributed by atoms with van der Waals surface area (Å²) in [5.41, 5.74) is 0.482. The molecule has 0 bridgehead atoms. The van der Waals surface area contributed by atoms with Crippen molar-refractivity contribution in [3.63, 3.8) is 0 Å². The van der Waals surface area contributed by atoms with E-state index < -0.39 is 24.0 Å². The molecule has 0 saturated carbocycles. The van der Waals surface area contributed by atoms with Gasteiger partial charge in [0.15, 0.2) is 0 Å². The zero-order valence-corrected chi connectivity index (χ0v) is 21.2. The summed E-state index contributed by atoms with van der Waals surface area (Å²) in [5, 5.41) is 4.98. The lowest BCUT2D eigenvalue weighted by Gasteiger charge is -2.18. The highest BCUT2D eigenvalue weighted by Crippen LogP contribution is 2.41. The van der Waals surface area contributed by atoms with E-state index in [0.29, 0.717) is 16.6 Å². The van der Waals surface area contributed by atoms with Crippen LogP contribution >= 0.6 is 50.7 Å². The van der Waals surface area contributed by atoms with Crippen molar-refractivity contribution in [2.45, 2.75) is 32.0 Å². The Morgan fingerprint density at radius 3 is 2.24 bits per heavy atom. The van der Waals surface area contributed by atoms with Gasteiger partial charge in [-0.1, -0.05) is 53.0 Å². The molecule has 0 fully saturated rings. The van der Waals surface area contributed by atoms with Gasteiger partial charge in [-0.2, -0.15) is 13.2 Å². The summed E-state index contributed by atoms with van der Waals surface area (Å²) in [4.78, 5) is 24.2. The third-order valence-electron chi connectivity index (χ3n) is 4.53. The van der Waals surface area contributed by atoms with Gasteiger partial charge in [-0.15, -0.1) is 0 Å². The van der Waals surface area contributed by atoms with Crippen LogP contribution < -0.4 is 10.6 Å². The lowest BCUT2D eigenvalue weighted by Crippen LogP contribution is -2.44. The Morgan fingerprint density at radius 1 is 1.12 bits per heavy atom. The molecule has 2 N–H and O–H groups in total. The van der Waals surface area contributed by atoms with Crippen molar-refractivity contribution < 1.29 is 22.8 Å². The van der Waals surface area contributed by atoms with Gasteiger partial charge >= 0.3 is 6.18 Å². The minimum Gasteiger partial charge on any atom is -0.355 e. The highest BCUT2D eigenvalue weighted by Gasteiger charge is 2.39. The summed E-state index contributed by atoms with van der Waals surface area (Å²) >= 11 is 20.9. The fourth-order valence-corrected chi connectivity index (χ4v) is 4.05. The van der Waals surface area contributed by atoms with E-state index in [1.807, 2.05) is 0 Å². The van der Waals surface area contributed by atoms with Gasteiger partial charge in [0.25, 0.3) is 5.91 Å². The van der Waals surface area contributed by atoms with Crippen LogP contribution in [0.4, 0.5) is 13.2 Å². The molecule has 2 atom stereocenters. The van der Waals surface area contributed by atoms with Crippen molar-refractivity contribution in [1.29, 1.82) is 0 Å². The molecule has 2 rings (SSSR count). The van der Waals surface area contributed by atoms with Gasteiger partial charge in [-0.05, 0) is 65.2 Å². The number of allylic oxidation sites excluding steroid dienone is 1. The standard InChI is InChI=1S/C22H19BrCl3F3N2O2/c1-3-30-20(32)11(2)31-21(33)14-6-4-12(8-16(14)23)5-7-15(22(27,28)29)13-9-17(24)19(26)18(25)10-13/h4-11,15H,3H2,1-2H3,(H,30,32)(H,31,33). The van der Waals surface area contributed by atoms with Crippen LogP contribution in [0.25, 0.3) is 6.08 Å². The molecule has 0 spiro atoms. The molecule has 0 heterocycles. The molecule has 2 unspecified atom stereocenters. The molecule has 2 aromatic rings. The predicted octanol–water partition coefficient (Wildman–Crippen LogP) is 7.02. The number of rotatable bonds is 7. The number of amides is 2. The number of benzene rings is 2. The van der Waals surface area contributed by atoms with Crippen LogP contribution in [0.1, 0.15) is 41.3 Å². The van der Waals surface area contributed by atoms with Gasteiger partial charge in [-0.3, -0.25) is 9.59 Å². The Hall–Kier alpha value is -1.74. The third-order valence-corrected chi connectivity index (χ3v) is 6.38. The van der Waals surface area contributed by atoms with Crippen LogP contribution in [0.15, 0.2) is 40.9 Å². The van der Waals surface area contributed by atoms with E-state index >= 15 is 0 Å². The Bertz CT molecular complexity index is 1050. The van der Waals surface area contributed by atoms with E-state index in [9.17, 15) is 22.8 Å². The van der Waals surface area contributed by atoms with Crippen molar-refractivity contribution in [3.8, 4) is 0 Å². The second-order valence-electron chi connectivity index (χ2n) is 7.01. The molecule has 33 heavy (non-hydrogen) atoms. The smallest absolute Gasteiger partial charge is 0.355 e. The molecule has 11 heteroatoms. The Morgan fingerprint density at radius 2 is 1.73 bits per heavy atom.